The van der Waals surface area contributed by atoms with Crippen LogP contribution in [0.4, 0.5) is 10.2 Å². The molecule has 0 fully saturated rings. The molecular formula is C21H18FN5O4. The van der Waals surface area contributed by atoms with E-state index in [2.05, 4.69) is 20.4 Å². The van der Waals surface area contributed by atoms with Gasteiger partial charge in [-0.1, -0.05) is 0 Å². The predicted molar refractivity (Wildman–Crippen MR) is 110 cm³/mol. The van der Waals surface area contributed by atoms with Crippen LogP contribution < -0.4 is 15.6 Å². The number of carbonyl (C=O) groups is 1. The number of carbonyl (C=O) groups excluding carboxylic acids is 1. The van der Waals surface area contributed by atoms with E-state index in [4.69, 9.17) is 9.15 Å². The summed E-state index contributed by atoms with van der Waals surface area (Å²) in [6.07, 6.45) is 1.50. The summed E-state index contributed by atoms with van der Waals surface area (Å²) in [5, 5.41) is 7.09. The van der Waals surface area contributed by atoms with Crippen LogP contribution in [0.25, 0.3) is 17.4 Å². The summed E-state index contributed by atoms with van der Waals surface area (Å²) in [5.41, 5.74) is 1.14. The summed E-state index contributed by atoms with van der Waals surface area (Å²) in [7, 11) is 0. The molecule has 0 unspecified atom stereocenters. The van der Waals surface area contributed by atoms with Crippen LogP contribution in [0.15, 0.2) is 57.9 Å². The number of aryl methyl sites for hydroxylation is 1. The van der Waals surface area contributed by atoms with Crippen molar-refractivity contribution in [1.29, 1.82) is 0 Å². The highest BCUT2D eigenvalue weighted by molar-refractivity contribution is 5.91. The molecule has 158 valence electrons. The Hall–Kier alpha value is -4.21. The van der Waals surface area contributed by atoms with Crippen LogP contribution in [0.1, 0.15) is 11.3 Å². The maximum absolute atomic E-state index is 13.0. The number of nitrogens with zero attached hydrogens (tertiary/aromatic N) is 3. The molecule has 31 heavy (non-hydrogen) atoms. The van der Waals surface area contributed by atoms with Crippen molar-refractivity contribution in [3.8, 4) is 23.2 Å². The zero-order valence-corrected chi connectivity index (χ0v) is 16.7. The number of H-pyrrole nitrogens is 1. The highest BCUT2D eigenvalue weighted by atomic mass is 19.1. The van der Waals surface area contributed by atoms with Crippen LogP contribution in [0, 0.1) is 19.7 Å². The predicted octanol–water partition coefficient (Wildman–Crippen LogP) is 2.99. The second kappa shape index (κ2) is 8.27. The average molecular weight is 423 g/mol. The number of rotatable bonds is 6. The molecule has 10 heteroatoms. The van der Waals surface area contributed by atoms with E-state index in [0.717, 1.165) is 0 Å². The summed E-state index contributed by atoms with van der Waals surface area (Å²) in [6, 6.07) is 10.3. The van der Waals surface area contributed by atoms with Crippen molar-refractivity contribution in [2.45, 2.75) is 13.8 Å². The summed E-state index contributed by atoms with van der Waals surface area (Å²) in [4.78, 5) is 31.7. The molecule has 3 heterocycles. The summed E-state index contributed by atoms with van der Waals surface area (Å²) >= 11 is 0. The van der Waals surface area contributed by atoms with Gasteiger partial charge in [0.1, 0.15) is 23.1 Å². The van der Waals surface area contributed by atoms with Gasteiger partial charge in [0, 0.05) is 17.3 Å². The lowest BCUT2D eigenvalue weighted by molar-refractivity contribution is -0.118. The molecule has 0 aliphatic carbocycles. The topological polar surface area (TPSA) is 115 Å². The molecule has 0 saturated heterocycles. The van der Waals surface area contributed by atoms with E-state index in [9.17, 15) is 14.0 Å². The quantitative estimate of drug-likeness (QED) is 0.493. The molecule has 0 atom stereocenters. The van der Waals surface area contributed by atoms with E-state index in [1.165, 1.54) is 35.2 Å². The molecule has 1 aromatic carbocycles. The number of hydrogen-bond acceptors (Lipinski definition) is 6. The van der Waals surface area contributed by atoms with Gasteiger partial charge in [0.05, 0.1) is 6.26 Å². The van der Waals surface area contributed by atoms with Crippen molar-refractivity contribution in [3.05, 3.63) is 76.2 Å². The first kappa shape index (κ1) is 20.1. The standard InChI is InChI=1S/C21H18FN5O4/c1-12-13(2)23-21(25-20(12)29)27-18(10-16(26-27)17-4-3-9-30-17)24-19(28)11-31-15-7-5-14(22)6-8-15/h3-10H,11H2,1-2H3,(H,24,28)(H,23,25,29). The Morgan fingerprint density at radius 2 is 2.03 bits per heavy atom. The van der Waals surface area contributed by atoms with Gasteiger partial charge in [0.15, 0.2) is 12.4 Å². The largest absolute Gasteiger partial charge is 0.484 e. The third-order valence-corrected chi connectivity index (χ3v) is 4.52. The lowest BCUT2D eigenvalue weighted by Crippen LogP contribution is -2.23. The number of anilines is 1. The Kier molecular flexibility index (Phi) is 5.35. The summed E-state index contributed by atoms with van der Waals surface area (Å²) in [5.74, 6) is 0.333. The van der Waals surface area contributed by atoms with Gasteiger partial charge in [-0.25, -0.2) is 9.37 Å². The van der Waals surface area contributed by atoms with Crippen molar-refractivity contribution in [1.82, 2.24) is 19.7 Å². The molecule has 9 nitrogen and oxygen atoms in total. The van der Waals surface area contributed by atoms with E-state index in [0.29, 0.717) is 28.5 Å². The number of halogens is 1. The zero-order valence-electron chi connectivity index (χ0n) is 16.7. The van der Waals surface area contributed by atoms with E-state index in [1.54, 1.807) is 32.0 Å². The first-order chi connectivity index (χ1) is 14.9. The Labute approximate surface area is 175 Å². The van der Waals surface area contributed by atoms with Crippen LogP contribution >= 0.6 is 0 Å². The fourth-order valence-electron chi connectivity index (χ4n) is 2.77. The molecule has 0 bridgehead atoms. The van der Waals surface area contributed by atoms with Crippen molar-refractivity contribution in [2.24, 2.45) is 0 Å². The highest BCUT2D eigenvalue weighted by Gasteiger charge is 2.18. The second-order valence-electron chi connectivity index (χ2n) is 6.69. The number of aromatic nitrogens is 4. The summed E-state index contributed by atoms with van der Waals surface area (Å²) < 4.78 is 25.1. The fourth-order valence-corrected chi connectivity index (χ4v) is 2.77. The molecule has 1 amide bonds. The maximum atomic E-state index is 13.0. The van der Waals surface area contributed by atoms with Gasteiger partial charge in [0.2, 0.25) is 5.95 Å². The minimum Gasteiger partial charge on any atom is -0.484 e. The molecule has 0 radical (unpaired) electrons. The number of amides is 1. The van der Waals surface area contributed by atoms with Gasteiger partial charge >= 0.3 is 0 Å². The Bertz CT molecular complexity index is 1280. The van der Waals surface area contributed by atoms with Crippen LogP contribution in [0.5, 0.6) is 5.75 Å². The number of benzene rings is 1. The lowest BCUT2D eigenvalue weighted by atomic mass is 10.3. The van der Waals surface area contributed by atoms with E-state index >= 15 is 0 Å². The number of ether oxygens (including phenoxy) is 1. The Morgan fingerprint density at radius 1 is 1.26 bits per heavy atom. The molecular weight excluding hydrogens is 405 g/mol. The van der Waals surface area contributed by atoms with Gasteiger partial charge in [-0.2, -0.15) is 9.78 Å². The molecule has 0 spiro atoms. The molecule has 4 aromatic rings. The van der Waals surface area contributed by atoms with Gasteiger partial charge < -0.3 is 14.5 Å². The number of nitrogens with one attached hydrogen (secondary N) is 2. The van der Waals surface area contributed by atoms with Gasteiger partial charge in [-0.15, -0.1) is 0 Å². The molecule has 0 aliphatic rings. The molecule has 0 saturated carbocycles. The number of furan rings is 1. The third-order valence-electron chi connectivity index (χ3n) is 4.52. The second-order valence-corrected chi connectivity index (χ2v) is 6.69. The summed E-state index contributed by atoms with van der Waals surface area (Å²) in [6.45, 7) is 3.06. The molecule has 3 aromatic heterocycles. The van der Waals surface area contributed by atoms with Crippen molar-refractivity contribution >= 4 is 11.7 Å². The Morgan fingerprint density at radius 3 is 2.71 bits per heavy atom. The first-order valence-electron chi connectivity index (χ1n) is 9.31. The van der Waals surface area contributed by atoms with E-state index in [1.807, 2.05) is 0 Å². The first-order valence-corrected chi connectivity index (χ1v) is 9.31. The lowest BCUT2D eigenvalue weighted by Gasteiger charge is -2.10. The van der Waals surface area contributed by atoms with Gasteiger partial charge in [-0.05, 0) is 50.2 Å². The molecule has 0 aliphatic heterocycles. The van der Waals surface area contributed by atoms with Crippen LogP contribution in [-0.4, -0.2) is 32.3 Å². The number of hydrogen-bond donors (Lipinski definition) is 2. The van der Waals surface area contributed by atoms with Crippen molar-refractivity contribution in [2.75, 3.05) is 11.9 Å². The maximum Gasteiger partial charge on any atom is 0.263 e. The SMILES string of the molecule is Cc1nc(-n2nc(-c3ccco3)cc2NC(=O)COc2ccc(F)cc2)[nH]c(=O)c1C. The van der Waals surface area contributed by atoms with Crippen molar-refractivity contribution < 1.29 is 18.3 Å². The Balaban J connectivity index is 1.62. The minimum absolute atomic E-state index is 0.139. The van der Waals surface area contributed by atoms with E-state index < -0.39 is 11.7 Å². The van der Waals surface area contributed by atoms with Crippen LogP contribution in [-0.2, 0) is 4.79 Å². The monoisotopic (exact) mass is 423 g/mol. The van der Waals surface area contributed by atoms with Gasteiger partial charge in [0.25, 0.3) is 11.5 Å². The molecule has 2 N–H and O–H groups in total. The average Bonchev–Trinajstić information content (AvgIpc) is 3.41. The number of aromatic amines is 1. The zero-order chi connectivity index (χ0) is 22.0. The minimum atomic E-state index is -0.484. The highest BCUT2D eigenvalue weighted by Crippen LogP contribution is 2.24. The molecule has 4 rings (SSSR count). The van der Waals surface area contributed by atoms with E-state index in [-0.39, 0.29) is 23.9 Å². The normalized spacial score (nSPS) is 10.8. The third kappa shape index (κ3) is 4.37. The smallest absolute Gasteiger partial charge is 0.263 e. The van der Waals surface area contributed by atoms with Crippen LogP contribution in [0.2, 0.25) is 0 Å². The van der Waals surface area contributed by atoms with Gasteiger partial charge in [-0.3, -0.25) is 14.6 Å². The van der Waals surface area contributed by atoms with Crippen LogP contribution in [0.3, 0.4) is 0 Å². The fraction of sp³-hybridized carbons (Fsp3) is 0.143. The van der Waals surface area contributed by atoms with Crippen molar-refractivity contribution in [3.63, 3.8) is 0 Å².